The second-order valence-corrected chi connectivity index (χ2v) is 10.1. The highest BCUT2D eigenvalue weighted by atomic mass is 35.5. The molecule has 2 aliphatic rings. The first kappa shape index (κ1) is 27.3. The number of morpholine rings is 1. The molecule has 2 fully saturated rings. The smallest absolute Gasteiger partial charge is 0.436 e. The topological polar surface area (TPSA) is 85.7 Å². The van der Waals surface area contributed by atoms with Crippen LogP contribution in [0.5, 0.6) is 0 Å². The van der Waals surface area contributed by atoms with Gasteiger partial charge in [-0.3, -0.25) is 9.48 Å². The molecule has 4 rings (SSSR count). The van der Waals surface area contributed by atoms with Gasteiger partial charge in [0.15, 0.2) is 5.69 Å². The van der Waals surface area contributed by atoms with E-state index >= 15 is 0 Å². The highest BCUT2D eigenvalue weighted by molar-refractivity contribution is 6.32. The number of rotatable bonds is 7. The lowest BCUT2D eigenvalue weighted by Gasteiger charge is -2.37. The van der Waals surface area contributed by atoms with E-state index in [0.717, 1.165) is 23.2 Å². The molecule has 1 aliphatic heterocycles. The van der Waals surface area contributed by atoms with E-state index in [2.05, 4.69) is 15.3 Å². The fourth-order valence-corrected chi connectivity index (χ4v) is 4.92. The van der Waals surface area contributed by atoms with E-state index in [1.807, 2.05) is 13.8 Å². The van der Waals surface area contributed by atoms with Gasteiger partial charge in [0.2, 0.25) is 5.91 Å². The van der Waals surface area contributed by atoms with Crippen LogP contribution in [0.1, 0.15) is 60.9 Å². The van der Waals surface area contributed by atoms with Crippen molar-refractivity contribution in [1.29, 1.82) is 0 Å². The normalized spacial score (nSPS) is 21.0. The highest BCUT2D eigenvalue weighted by Gasteiger charge is 2.41. The van der Waals surface area contributed by atoms with Crippen molar-refractivity contribution in [2.75, 3.05) is 30.4 Å². The number of methoxy groups -OCH3 is 1. The zero-order valence-electron chi connectivity index (χ0n) is 21.1. The van der Waals surface area contributed by atoms with E-state index in [1.165, 1.54) is 14.0 Å². The van der Waals surface area contributed by atoms with Crippen LogP contribution >= 0.6 is 11.6 Å². The van der Waals surface area contributed by atoms with Gasteiger partial charge in [0.05, 0.1) is 41.3 Å². The van der Waals surface area contributed by atoms with Crippen LogP contribution in [0, 0.1) is 12.8 Å². The van der Waals surface area contributed by atoms with Gasteiger partial charge in [0.1, 0.15) is 6.04 Å². The number of anilines is 2. The summed E-state index contributed by atoms with van der Waals surface area (Å²) in [5, 5.41) is 5.88. The number of benzene rings is 1. The van der Waals surface area contributed by atoms with Crippen LogP contribution in [0.25, 0.3) is 0 Å². The third-order valence-corrected chi connectivity index (χ3v) is 7.10. The van der Waals surface area contributed by atoms with E-state index in [1.54, 1.807) is 18.2 Å². The molecular formula is C25H30ClF3N4O4. The summed E-state index contributed by atoms with van der Waals surface area (Å²) < 4.78 is 52.0. The predicted octanol–water partition coefficient (Wildman–Crippen LogP) is 5.24. The quantitative estimate of drug-likeness (QED) is 0.481. The van der Waals surface area contributed by atoms with Crippen molar-refractivity contribution in [3.63, 3.8) is 0 Å². The summed E-state index contributed by atoms with van der Waals surface area (Å²) in [6.45, 7) is 6.58. The number of carbonyl (C=O) groups excluding carboxylic acids is 2. The third kappa shape index (κ3) is 6.04. The standard InChI is InChI=1S/C25H30ClF3N4O4/c1-13-11-32(12-14(2)37-13)17-7-8-19(18(10-17)24(35)36-4)30-23(34)20(9-16-5-6-16)33-15(3)21(26)22(31-33)25(27,28)29/h7-8,10,13-14,16,20H,5-6,9,11-12H2,1-4H3,(H,30,34)/t13-,14?,20-/m0/s1. The number of nitrogens with zero attached hydrogens (tertiary/aromatic N) is 3. The Morgan fingerprint density at radius 2 is 1.89 bits per heavy atom. The summed E-state index contributed by atoms with van der Waals surface area (Å²) in [5.41, 5.74) is -0.0820. The molecule has 0 radical (unpaired) electrons. The van der Waals surface area contributed by atoms with Crippen molar-refractivity contribution in [1.82, 2.24) is 9.78 Å². The number of aromatic nitrogens is 2. The number of halogens is 4. The Hall–Kier alpha value is -2.79. The molecule has 1 unspecified atom stereocenters. The van der Waals surface area contributed by atoms with Gasteiger partial charge in [-0.05, 0) is 51.3 Å². The highest BCUT2D eigenvalue weighted by Crippen LogP contribution is 2.41. The largest absolute Gasteiger partial charge is 0.465 e. The number of amides is 1. The number of alkyl halides is 3. The van der Waals surface area contributed by atoms with Crippen LogP contribution in [0.2, 0.25) is 5.02 Å². The molecule has 2 heterocycles. The van der Waals surface area contributed by atoms with Gasteiger partial charge >= 0.3 is 12.1 Å². The van der Waals surface area contributed by atoms with Gasteiger partial charge in [0, 0.05) is 18.8 Å². The van der Waals surface area contributed by atoms with Crippen molar-refractivity contribution in [2.45, 2.75) is 64.5 Å². The van der Waals surface area contributed by atoms with Crippen LogP contribution in [-0.2, 0) is 20.4 Å². The second-order valence-electron chi connectivity index (χ2n) is 9.76. The fourth-order valence-electron chi connectivity index (χ4n) is 4.69. The lowest BCUT2D eigenvalue weighted by molar-refractivity contribution is -0.141. The van der Waals surface area contributed by atoms with Crippen LogP contribution in [0.4, 0.5) is 24.5 Å². The minimum atomic E-state index is -4.75. The fraction of sp³-hybridized carbons (Fsp3) is 0.560. The number of ether oxygens (including phenoxy) is 2. The molecule has 1 saturated carbocycles. The molecule has 1 aliphatic carbocycles. The number of hydrogen-bond donors (Lipinski definition) is 1. The van der Waals surface area contributed by atoms with Crippen molar-refractivity contribution >= 4 is 34.9 Å². The molecule has 3 atom stereocenters. The SMILES string of the molecule is COC(=O)c1cc(N2CC(C)O[C@@H](C)C2)ccc1NC(=O)[C@H](CC1CC1)n1nc(C(F)(F)F)c(Cl)c1C. The molecule has 8 nitrogen and oxygen atoms in total. The number of nitrogens with one attached hydrogen (secondary N) is 1. The molecule has 2 aromatic rings. The molecule has 1 amide bonds. The maximum Gasteiger partial charge on any atom is 0.436 e. The molecule has 0 spiro atoms. The molecule has 37 heavy (non-hydrogen) atoms. The Morgan fingerprint density at radius 1 is 1.24 bits per heavy atom. The summed E-state index contributed by atoms with van der Waals surface area (Å²) in [4.78, 5) is 28.2. The molecule has 0 bridgehead atoms. The summed E-state index contributed by atoms with van der Waals surface area (Å²) in [7, 11) is 1.24. The molecule has 1 N–H and O–H groups in total. The first-order valence-electron chi connectivity index (χ1n) is 12.1. The summed E-state index contributed by atoms with van der Waals surface area (Å²) in [5.74, 6) is -1.04. The van der Waals surface area contributed by atoms with Gasteiger partial charge < -0.3 is 19.7 Å². The van der Waals surface area contributed by atoms with Crippen LogP contribution in [-0.4, -0.2) is 54.1 Å². The van der Waals surface area contributed by atoms with Crippen LogP contribution in [0.3, 0.4) is 0 Å². The molecule has 202 valence electrons. The molecule has 1 aromatic heterocycles. The van der Waals surface area contributed by atoms with Crippen LogP contribution in [0.15, 0.2) is 18.2 Å². The first-order chi connectivity index (χ1) is 17.4. The number of carbonyl (C=O) groups is 2. The maximum absolute atomic E-state index is 13.5. The van der Waals surface area contributed by atoms with E-state index in [4.69, 9.17) is 21.1 Å². The van der Waals surface area contributed by atoms with E-state index in [-0.39, 0.29) is 35.1 Å². The minimum Gasteiger partial charge on any atom is -0.465 e. The first-order valence-corrected chi connectivity index (χ1v) is 12.5. The Bertz CT molecular complexity index is 1170. The van der Waals surface area contributed by atoms with E-state index in [0.29, 0.717) is 19.5 Å². The monoisotopic (exact) mass is 542 g/mol. The van der Waals surface area contributed by atoms with Gasteiger partial charge in [-0.1, -0.05) is 24.4 Å². The van der Waals surface area contributed by atoms with Crippen molar-refractivity contribution in [3.05, 3.63) is 40.2 Å². The van der Waals surface area contributed by atoms with Gasteiger partial charge in [-0.25, -0.2) is 4.79 Å². The lowest BCUT2D eigenvalue weighted by atomic mass is 10.1. The second kappa shape index (κ2) is 10.5. The Morgan fingerprint density at radius 3 is 2.43 bits per heavy atom. The van der Waals surface area contributed by atoms with Crippen LogP contribution < -0.4 is 10.2 Å². The predicted molar refractivity (Wildman–Crippen MR) is 132 cm³/mol. The van der Waals surface area contributed by atoms with Crippen molar-refractivity contribution in [2.24, 2.45) is 5.92 Å². The minimum absolute atomic E-state index is 0.00129. The summed E-state index contributed by atoms with van der Waals surface area (Å²) in [6.07, 6.45) is -2.70. The van der Waals surface area contributed by atoms with Gasteiger partial charge in [-0.2, -0.15) is 18.3 Å². The van der Waals surface area contributed by atoms with Crippen molar-refractivity contribution in [3.8, 4) is 0 Å². The van der Waals surface area contributed by atoms with Crippen molar-refractivity contribution < 1.29 is 32.2 Å². The van der Waals surface area contributed by atoms with E-state index < -0.39 is 34.8 Å². The zero-order valence-corrected chi connectivity index (χ0v) is 21.8. The number of esters is 1. The average Bonchev–Trinajstić information content (AvgIpc) is 3.60. The summed E-state index contributed by atoms with van der Waals surface area (Å²) in [6, 6.07) is 3.98. The Balaban J connectivity index is 1.65. The molecular weight excluding hydrogens is 513 g/mol. The Kier molecular flexibility index (Phi) is 7.75. The maximum atomic E-state index is 13.5. The van der Waals surface area contributed by atoms with Gasteiger partial charge in [-0.15, -0.1) is 0 Å². The Labute approximate surface area is 218 Å². The van der Waals surface area contributed by atoms with E-state index in [9.17, 15) is 22.8 Å². The average molecular weight is 543 g/mol. The molecule has 12 heteroatoms. The third-order valence-electron chi connectivity index (χ3n) is 6.65. The summed E-state index contributed by atoms with van der Waals surface area (Å²) >= 11 is 5.95. The number of hydrogen-bond acceptors (Lipinski definition) is 6. The molecule has 1 saturated heterocycles. The van der Waals surface area contributed by atoms with Gasteiger partial charge in [0.25, 0.3) is 0 Å². The molecule has 1 aromatic carbocycles. The zero-order chi connectivity index (χ0) is 27.1. The lowest BCUT2D eigenvalue weighted by Crippen LogP contribution is -2.45.